The number of carbonyl (C=O) groups excluding carboxylic acids is 1. The van der Waals surface area contributed by atoms with Crippen molar-refractivity contribution < 1.29 is 9.53 Å². The van der Waals surface area contributed by atoms with Crippen molar-refractivity contribution in [3.8, 4) is 0 Å². The van der Waals surface area contributed by atoms with Gasteiger partial charge in [-0.25, -0.2) is 4.98 Å². The van der Waals surface area contributed by atoms with Crippen molar-refractivity contribution in [3.05, 3.63) is 22.7 Å². The topological polar surface area (TPSA) is 64.4 Å². The molecule has 0 aliphatic carbocycles. The minimum Gasteiger partial charge on any atom is -0.469 e. The maximum Gasteiger partial charge on any atom is 0.307 e. The third-order valence-corrected chi connectivity index (χ3v) is 3.89. The Kier molecular flexibility index (Phi) is 5.36. The van der Waals surface area contributed by atoms with Crippen LogP contribution in [0, 0.1) is 0 Å². The fourth-order valence-corrected chi connectivity index (χ4v) is 2.82. The second-order valence-corrected chi connectivity index (χ2v) is 5.37. The SMILES string of the molecule is CCCn1ccnc(N2CCCCC2CC(=O)OC)c1=O. The number of nitrogens with zero attached hydrogens (tertiary/aromatic N) is 3. The molecule has 0 saturated carbocycles. The molecule has 21 heavy (non-hydrogen) atoms. The highest BCUT2D eigenvalue weighted by Crippen LogP contribution is 2.23. The van der Waals surface area contributed by atoms with E-state index in [1.807, 2.05) is 11.8 Å². The molecule has 1 aromatic heterocycles. The second kappa shape index (κ2) is 7.24. The van der Waals surface area contributed by atoms with Crippen LogP contribution in [-0.2, 0) is 16.1 Å². The monoisotopic (exact) mass is 293 g/mol. The van der Waals surface area contributed by atoms with Crippen molar-refractivity contribution in [2.24, 2.45) is 0 Å². The van der Waals surface area contributed by atoms with Crippen molar-refractivity contribution in [1.82, 2.24) is 9.55 Å². The molecule has 0 spiro atoms. The minimum absolute atomic E-state index is 0.00359. The van der Waals surface area contributed by atoms with Crippen LogP contribution in [0.25, 0.3) is 0 Å². The van der Waals surface area contributed by atoms with Gasteiger partial charge in [0.1, 0.15) is 0 Å². The smallest absolute Gasteiger partial charge is 0.307 e. The molecule has 1 aliphatic heterocycles. The van der Waals surface area contributed by atoms with Gasteiger partial charge in [-0.05, 0) is 25.7 Å². The zero-order valence-electron chi connectivity index (χ0n) is 12.7. The molecule has 1 aliphatic rings. The number of esters is 1. The average Bonchev–Trinajstić information content (AvgIpc) is 2.50. The summed E-state index contributed by atoms with van der Waals surface area (Å²) in [4.78, 5) is 30.3. The molecule has 1 saturated heterocycles. The Bertz CT molecular complexity index is 541. The molecule has 0 aromatic carbocycles. The van der Waals surface area contributed by atoms with Crippen LogP contribution in [0.3, 0.4) is 0 Å². The molecule has 1 atom stereocenters. The third-order valence-electron chi connectivity index (χ3n) is 3.89. The van der Waals surface area contributed by atoms with E-state index >= 15 is 0 Å². The number of rotatable bonds is 5. The lowest BCUT2D eigenvalue weighted by molar-refractivity contribution is -0.141. The first kappa shape index (κ1) is 15.5. The number of ether oxygens (including phenoxy) is 1. The van der Waals surface area contributed by atoms with Gasteiger partial charge in [-0.2, -0.15) is 0 Å². The number of aromatic nitrogens is 2. The highest BCUT2D eigenvalue weighted by atomic mass is 16.5. The number of hydrogen-bond donors (Lipinski definition) is 0. The van der Waals surface area contributed by atoms with E-state index in [1.54, 1.807) is 17.0 Å². The lowest BCUT2D eigenvalue weighted by atomic mass is 9.99. The molecule has 0 amide bonds. The van der Waals surface area contributed by atoms with Crippen molar-refractivity contribution in [1.29, 1.82) is 0 Å². The Balaban J connectivity index is 2.27. The van der Waals surface area contributed by atoms with Gasteiger partial charge in [0, 0.05) is 31.5 Å². The maximum absolute atomic E-state index is 12.5. The number of anilines is 1. The fourth-order valence-electron chi connectivity index (χ4n) is 2.82. The van der Waals surface area contributed by atoms with E-state index in [1.165, 1.54) is 7.11 Å². The Hall–Kier alpha value is -1.85. The summed E-state index contributed by atoms with van der Waals surface area (Å²) in [6.07, 6.45) is 7.55. The standard InChI is InChI=1S/C15H23N3O3/c1-3-8-17-10-7-16-14(15(17)20)18-9-5-4-6-12(18)11-13(19)21-2/h7,10,12H,3-6,8-9,11H2,1-2H3. The summed E-state index contributed by atoms with van der Waals surface area (Å²) in [7, 11) is 1.39. The van der Waals surface area contributed by atoms with E-state index in [0.29, 0.717) is 18.8 Å². The van der Waals surface area contributed by atoms with Crippen LogP contribution >= 0.6 is 0 Å². The highest BCUT2D eigenvalue weighted by Gasteiger charge is 2.28. The summed E-state index contributed by atoms with van der Waals surface area (Å²) in [6, 6.07) is 0.00359. The normalized spacial score (nSPS) is 18.6. The molecular formula is C15H23N3O3. The third kappa shape index (κ3) is 3.62. The number of carbonyl (C=O) groups is 1. The number of piperidine rings is 1. The van der Waals surface area contributed by atoms with Gasteiger partial charge < -0.3 is 14.2 Å². The summed E-state index contributed by atoms with van der Waals surface area (Å²) in [5, 5.41) is 0. The molecule has 6 heteroatoms. The van der Waals surface area contributed by atoms with Gasteiger partial charge in [-0.1, -0.05) is 6.92 Å². The molecule has 116 valence electrons. The van der Waals surface area contributed by atoms with Crippen molar-refractivity contribution in [3.63, 3.8) is 0 Å². The predicted octanol–water partition coefficient (Wildman–Crippen LogP) is 1.58. The largest absolute Gasteiger partial charge is 0.469 e. The summed E-state index contributed by atoms with van der Waals surface area (Å²) in [5.74, 6) is 0.219. The number of hydrogen-bond acceptors (Lipinski definition) is 5. The number of methoxy groups -OCH3 is 1. The van der Waals surface area contributed by atoms with Gasteiger partial charge in [0.2, 0.25) is 0 Å². The van der Waals surface area contributed by atoms with Gasteiger partial charge in [-0.15, -0.1) is 0 Å². The molecule has 0 bridgehead atoms. The fraction of sp³-hybridized carbons (Fsp3) is 0.667. The lowest BCUT2D eigenvalue weighted by Gasteiger charge is -2.35. The van der Waals surface area contributed by atoms with E-state index in [0.717, 1.165) is 32.2 Å². The van der Waals surface area contributed by atoms with Gasteiger partial charge in [-0.3, -0.25) is 9.59 Å². The zero-order valence-corrected chi connectivity index (χ0v) is 12.7. The molecule has 0 radical (unpaired) electrons. The molecule has 1 aromatic rings. The van der Waals surface area contributed by atoms with Crippen molar-refractivity contribution in [2.75, 3.05) is 18.6 Å². The molecule has 1 unspecified atom stereocenters. The predicted molar refractivity (Wildman–Crippen MR) is 80.4 cm³/mol. The summed E-state index contributed by atoms with van der Waals surface area (Å²) in [6.45, 7) is 3.48. The lowest BCUT2D eigenvalue weighted by Crippen LogP contribution is -2.45. The Morgan fingerprint density at radius 3 is 3.00 bits per heavy atom. The summed E-state index contributed by atoms with van der Waals surface area (Å²) in [5.41, 5.74) is -0.0730. The van der Waals surface area contributed by atoms with E-state index in [2.05, 4.69) is 4.98 Å². The van der Waals surface area contributed by atoms with Crippen LogP contribution in [0.15, 0.2) is 17.2 Å². The van der Waals surface area contributed by atoms with Crippen molar-refractivity contribution >= 4 is 11.8 Å². The summed E-state index contributed by atoms with van der Waals surface area (Å²) < 4.78 is 6.45. The van der Waals surface area contributed by atoms with E-state index < -0.39 is 0 Å². The van der Waals surface area contributed by atoms with Crippen LogP contribution < -0.4 is 10.5 Å². The van der Waals surface area contributed by atoms with Crippen LogP contribution in [0.4, 0.5) is 5.82 Å². The summed E-state index contributed by atoms with van der Waals surface area (Å²) >= 11 is 0. The quantitative estimate of drug-likeness (QED) is 0.771. The van der Waals surface area contributed by atoms with E-state index in [4.69, 9.17) is 4.74 Å². The van der Waals surface area contributed by atoms with Crippen LogP contribution in [0.1, 0.15) is 39.0 Å². The van der Waals surface area contributed by atoms with E-state index in [9.17, 15) is 9.59 Å². The molecule has 0 N–H and O–H groups in total. The second-order valence-electron chi connectivity index (χ2n) is 5.37. The Morgan fingerprint density at radius 1 is 1.48 bits per heavy atom. The first-order valence-electron chi connectivity index (χ1n) is 7.56. The highest BCUT2D eigenvalue weighted by molar-refractivity contribution is 5.70. The van der Waals surface area contributed by atoms with Gasteiger partial charge in [0.05, 0.1) is 13.5 Å². The maximum atomic E-state index is 12.5. The Labute approximate surface area is 124 Å². The molecule has 1 fully saturated rings. The van der Waals surface area contributed by atoms with E-state index in [-0.39, 0.29) is 17.6 Å². The number of aryl methyl sites for hydroxylation is 1. The first-order chi connectivity index (χ1) is 10.2. The van der Waals surface area contributed by atoms with Crippen LogP contribution in [-0.4, -0.2) is 35.2 Å². The van der Waals surface area contributed by atoms with Gasteiger partial charge in [0.15, 0.2) is 5.82 Å². The Morgan fingerprint density at radius 2 is 2.29 bits per heavy atom. The molecule has 2 rings (SSSR count). The molecule has 2 heterocycles. The minimum atomic E-state index is -0.239. The molecule has 6 nitrogen and oxygen atoms in total. The van der Waals surface area contributed by atoms with Gasteiger partial charge >= 0.3 is 5.97 Å². The van der Waals surface area contributed by atoms with Crippen LogP contribution in [0.5, 0.6) is 0 Å². The average molecular weight is 293 g/mol. The molecular weight excluding hydrogens is 270 g/mol. The van der Waals surface area contributed by atoms with Crippen LogP contribution in [0.2, 0.25) is 0 Å². The first-order valence-corrected chi connectivity index (χ1v) is 7.56. The zero-order chi connectivity index (χ0) is 15.2. The van der Waals surface area contributed by atoms with Crippen molar-refractivity contribution in [2.45, 2.75) is 51.6 Å². The van der Waals surface area contributed by atoms with Gasteiger partial charge in [0.25, 0.3) is 5.56 Å².